The predicted octanol–water partition coefficient (Wildman–Crippen LogP) is 0.0293. The molecule has 0 spiro atoms. The highest BCUT2D eigenvalue weighted by Crippen LogP contribution is 2.19. The van der Waals surface area contributed by atoms with Crippen molar-refractivity contribution in [1.29, 1.82) is 0 Å². The largest absolute Gasteiger partial charge is 0.366 e. The average Bonchev–Trinajstić information content (AvgIpc) is 2.01. The Morgan fingerprint density at radius 3 is 2.43 bits per heavy atom. The molecule has 1 fully saturated rings. The van der Waals surface area contributed by atoms with E-state index < -0.39 is 10.1 Å². The Morgan fingerprint density at radius 1 is 1.36 bits per heavy atom. The Hall–Kier alpha value is -0.170. The van der Waals surface area contributed by atoms with Crippen LogP contribution >= 0.6 is 0 Å². The van der Waals surface area contributed by atoms with Crippen LogP contribution in [0.3, 0.4) is 0 Å². The fraction of sp³-hybridized carbons (Fsp3) is 1.00. The third-order valence-corrected chi connectivity index (χ3v) is 2.92. The molecule has 0 N–H and O–H groups in total. The van der Waals surface area contributed by atoms with E-state index in [4.69, 9.17) is 8.92 Å². The molecular weight excluding hydrogens is 206 g/mol. The number of piperidine rings is 1. The summed E-state index contributed by atoms with van der Waals surface area (Å²) in [6.45, 7) is 0.589. The van der Waals surface area contributed by atoms with Gasteiger partial charge in [0.15, 0.2) is 0 Å². The molecule has 0 bridgehead atoms. The molecule has 84 valence electrons. The first kappa shape index (κ1) is 11.9. The zero-order valence-corrected chi connectivity index (χ0v) is 9.58. The molecular formula is C8H17NO4S. The van der Waals surface area contributed by atoms with Crippen molar-refractivity contribution in [3.05, 3.63) is 0 Å². The van der Waals surface area contributed by atoms with Gasteiger partial charge in [-0.2, -0.15) is 8.42 Å². The Labute approximate surface area is 85.1 Å². The van der Waals surface area contributed by atoms with Gasteiger partial charge in [-0.25, -0.2) is 0 Å². The Kier molecular flexibility index (Phi) is 3.88. The zero-order valence-electron chi connectivity index (χ0n) is 8.76. The van der Waals surface area contributed by atoms with E-state index in [1.54, 1.807) is 7.11 Å². The van der Waals surface area contributed by atoms with Crippen molar-refractivity contribution in [2.24, 2.45) is 0 Å². The van der Waals surface area contributed by atoms with Gasteiger partial charge < -0.3 is 4.74 Å². The van der Waals surface area contributed by atoms with Crippen LogP contribution in [0.4, 0.5) is 0 Å². The zero-order chi connectivity index (χ0) is 10.8. The smallest absolute Gasteiger partial charge is 0.264 e. The molecule has 1 rings (SSSR count). The van der Waals surface area contributed by atoms with Crippen LogP contribution in [-0.4, -0.2) is 52.6 Å². The second-order valence-electron chi connectivity index (χ2n) is 3.63. The summed E-state index contributed by atoms with van der Waals surface area (Å²) >= 11 is 0. The van der Waals surface area contributed by atoms with Gasteiger partial charge in [-0.1, -0.05) is 0 Å². The third-order valence-electron chi connectivity index (χ3n) is 2.30. The normalized spacial score (nSPS) is 30.5. The van der Waals surface area contributed by atoms with Crippen LogP contribution in [-0.2, 0) is 19.0 Å². The minimum absolute atomic E-state index is 0.0782. The molecule has 2 unspecified atom stereocenters. The van der Waals surface area contributed by atoms with E-state index in [0.29, 0.717) is 6.54 Å². The second kappa shape index (κ2) is 4.57. The molecule has 0 aliphatic carbocycles. The maximum Gasteiger partial charge on any atom is 0.264 e. The minimum Gasteiger partial charge on any atom is -0.366 e. The highest BCUT2D eigenvalue weighted by atomic mass is 32.2. The lowest BCUT2D eigenvalue weighted by atomic mass is 10.1. The number of hydrogen-bond acceptors (Lipinski definition) is 5. The van der Waals surface area contributed by atoms with Gasteiger partial charge in [-0.15, -0.1) is 0 Å². The summed E-state index contributed by atoms with van der Waals surface area (Å²) in [5, 5.41) is 0. The van der Waals surface area contributed by atoms with Gasteiger partial charge in [-0.3, -0.25) is 9.08 Å². The standard InChI is InChI=1S/C8H17NO4S/c1-9-6-7(13-14(3,10)11)4-5-8(9)12-2/h7-8H,4-6H2,1-3H3. The van der Waals surface area contributed by atoms with E-state index in [0.717, 1.165) is 19.1 Å². The van der Waals surface area contributed by atoms with Crippen LogP contribution in [0.1, 0.15) is 12.8 Å². The van der Waals surface area contributed by atoms with Crippen LogP contribution < -0.4 is 0 Å². The molecule has 1 heterocycles. The van der Waals surface area contributed by atoms with Gasteiger partial charge in [0, 0.05) is 13.7 Å². The predicted molar refractivity (Wildman–Crippen MR) is 52.4 cm³/mol. The topological polar surface area (TPSA) is 55.8 Å². The van der Waals surface area contributed by atoms with E-state index in [1.807, 2.05) is 11.9 Å². The Balaban J connectivity index is 2.47. The van der Waals surface area contributed by atoms with Gasteiger partial charge >= 0.3 is 0 Å². The molecule has 14 heavy (non-hydrogen) atoms. The van der Waals surface area contributed by atoms with Crippen LogP contribution in [0.5, 0.6) is 0 Å². The first-order chi connectivity index (χ1) is 6.42. The van der Waals surface area contributed by atoms with Gasteiger partial charge in [-0.05, 0) is 19.9 Å². The second-order valence-corrected chi connectivity index (χ2v) is 5.23. The van der Waals surface area contributed by atoms with Gasteiger partial charge in [0.05, 0.1) is 12.4 Å². The average molecular weight is 223 g/mol. The monoisotopic (exact) mass is 223 g/mol. The molecule has 1 aliphatic rings. The van der Waals surface area contributed by atoms with Crippen molar-refractivity contribution in [2.75, 3.05) is 27.0 Å². The Bertz CT molecular complexity index is 277. The molecule has 0 aromatic heterocycles. The van der Waals surface area contributed by atoms with Crippen LogP contribution in [0, 0.1) is 0 Å². The summed E-state index contributed by atoms with van der Waals surface area (Å²) < 4.78 is 31.9. The summed E-state index contributed by atoms with van der Waals surface area (Å²) in [6, 6.07) is 0. The molecule has 1 aliphatic heterocycles. The molecule has 0 aromatic carbocycles. The quantitative estimate of drug-likeness (QED) is 0.632. The molecule has 0 saturated carbocycles. The SMILES string of the molecule is COC1CCC(OS(C)(=O)=O)CN1C. The van der Waals surface area contributed by atoms with Crippen molar-refractivity contribution in [1.82, 2.24) is 4.90 Å². The summed E-state index contributed by atoms with van der Waals surface area (Å²) in [5.74, 6) is 0. The summed E-state index contributed by atoms with van der Waals surface area (Å²) in [5.41, 5.74) is 0. The molecule has 5 nitrogen and oxygen atoms in total. The molecule has 6 heteroatoms. The van der Waals surface area contributed by atoms with E-state index in [1.165, 1.54) is 0 Å². The van der Waals surface area contributed by atoms with E-state index in [-0.39, 0.29) is 12.3 Å². The van der Waals surface area contributed by atoms with E-state index in [2.05, 4.69) is 0 Å². The fourth-order valence-corrected chi connectivity index (χ4v) is 2.35. The number of rotatable bonds is 3. The minimum atomic E-state index is -3.34. The number of ether oxygens (including phenoxy) is 1. The lowest BCUT2D eigenvalue weighted by Crippen LogP contribution is -2.45. The lowest BCUT2D eigenvalue weighted by molar-refractivity contribution is -0.0682. The maximum absolute atomic E-state index is 10.9. The Morgan fingerprint density at radius 2 is 2.00 bits per heavy atom. The summed E-state index contributed by atoms with van der Waals surface area (Å²) in [4.78, 5) is 1.96. The maximum atomic E-state index is 10.9. The number of likely N-dealkylation sites (tertiary alicyclic amines) is 1. The van der Waals surface area contributed by atoms with Crippen molar-refractivity contribution < 1.29 is 17.3 Å². The highest BCUT2D eigenvalue weighted by molar-refractivity contribution is 7.86. The van der Waals surface area contributed by atoms with Crippen molar-refractivity contribution >= 4 is 10.1 Å². The third kappa shape index (κ3) is 3.53. The van der Waals surface area contributed by atoms with Crippen molar-refractivity contribution in [3.8, 4) is 0 Å². The molecule has 1 saturated heterocycles. The van der Waals surface area contributed by atoms with Crippen LogP contribution in [0.2, 0.25) is 0 Å². The molecule has 0 aromatic rings. The number of hydrogen-bond donors (Lipinski definition) is 0. The van der Waals surface area contributed by atoms with Crippen molar-refractivity contribution in [2.45, 2.75) is 25.2 Å². The van der Waals surface area contributed by atoms with E-state index >= 15 is 0 Å². The van der Waals surface area contributed by atoms with Gasteiger partial charge in [0.2, 0.25) is 0 Å². The number of methoxy groups -OCH3 is 1. The first-order valence-electron chi connectivity index (χ1n) is 4.53. The molecule has 2 atom stereocenters. The highest BCUT2D eigenvalue weighted by Gasteiger charge is 2.27. The van der Waals surface area contributed by atoms with Crippen molar-refractivity contribution in [3.63, 3.8) is 0 Å². The van der Waals surface area contributed by atoms with Crippen LogP contribution in [0.25, 0.3) is 0 Å². The summed E-state index contributed by atoms with van der Waals surface area (Å²) in [6.07, 6.45) is 2.44. The van der Waals surface area contributed by atoms with Crippen LogP contribution in [0.15, 0.2) is 0 Å². The van der Waals surface area contributed by atoms with Gasteiger partial charge in [0.1, 0.15) is 6.23 Å². The first-order valence-corrected chi connectivity index (χ1v) is 6.35. The fourth-order valence-electron chi connectivity index (χ4n) is 1.70. The number of nitrogens with zero attached hydrogens (tertiary/aromatic N) is 1. The summed E-state index contributed by atoms with van der Waals surface area (Å²) in [7, 11) is 0.208. The van der Waals surface area contributed by atoms with Gasteiger partial charge in [0.25, 0.3) is 10.1 Å². The van der Waals surface area contributed by atoms with E-state index in [9.17, 15) is 8.42 Å². The number of likely N-dealkylation sites (N-methyl/N-ethyl adjacent to an activating group) is 1. The molecule has 0 amide bonds. The molecule has 0 radical (unpaired) electrons. The lowest BCUT2D eigenvalue weighted by Gasteiger charge is -2.35.